The largest absolute Gasteiger partial charge is 0.633 e. The molecule has 0 aliphatic rings. The van der Waals surface area contributed by atoms with Crippen LogP contribution in [0.15, 0.2) is 0 Å². The van der Waals surface area contributed by atoms with Gasteiger partial charge in [-0.1, -0.05) is 65.2 Å². The molecule has 4 nitrogen and oxygen atoms in total. The maximum Gasteiger partial charge on any atom is 0.303 e. The fourth-order valence-corrected chi connectivity index (χ4v) is 2.15. The zero-order valence-electron chi connectivity index (χ0n) is 15.4. The fraction of sp³-hybridized carbons (Fsp3) is 0.944. The lowest BCUT2D eigenvalue weighted by atomic mass is 10.1. The molecule has 0 atom stereocenters. The Morgan fingerprint density at radius 1 is 0.818 bits per heavy atom. The monoisotopic (exact) mass is 317 g/mol. The van der Waals surface area contributed by atoms with Gasteiger partial charge < -0.3 is 15.0 Å². The summed E-state index contributed by atoms with van der Waals surface area (Å²) in [6, 6.07) is 0. The van der Waals surface area contributed by atoms with Crippen LogP contribution in [0.3, 0.4) is 0 Å². The Labute approximate surface area is 138 Å². The molecule has 1 N–H and O–H groups in total. The van der Waals surface area contributed by atoms with Crippen LogP contribution in [0, 0.1) is 5.21 Å². The van der Waals surface area contributed by atoms with E-state index in [0.29, 0.717) is 6.42 Å². The van der Waals surface area contributed by atoms with Crippen LogP contribution < -0.4 is 0 Å². The van der Waals surface area contributed by atoms with Crippen molar-refractivity contribution in [2.45, 2.75) is 90.9 Å². The summed E-state index contributed by atoms with van der Waals surface area (Å²) in [5, 5.41) is 19.4. The predicted molar refractivity (Wildman–Crippen MR) is 94.7 cm³/mol. The predicted octanol–water partition coefficient (Wildman–Crippen LogP) is 5.35. The molecule has 0 aliphatic heterocycles. The third kappa shape index (κ3) is 27.7. The molecule has 0 aromatic heterocycles. The number of hydrogen-bond acceptors (Lipinski definition) is 2. The Morgan fingerprint density at radius 2 is 1.23 bits per heavy atom. The lowest BCUT2D eigenvalue weighted by Gasteiger charge is -2.33. The summed E-state index contributed by atoms with van der Waals surface area (Å²) in [7, 11) is 3.43. The van der Waals surface area contributed by atoms with Gasteiger partial charge in [0.15, 0.2) is 0 Å². The Hall–Kier alpha value is -0.610. The number of rotatable bonds is 13. The minimum Gasteiger partial charge on any atom is -0.633 e. The van der Waals surface area contributed by atoms with E-state index in [1.54, 1.807) is 14.1 Å². The van der Waals surface area contributed by atoms with Gasteiger partial charge in [-0.2, -0.15) is 0 Å². The third-order valence-electron chi connectivity index (χ3n) is 3.54. The van der Waals surface area contributed by atoms with Crippen LogP contribution in [0.4, 0.5) is 0 Å². The van der Waals surface area contributed by atoms with Gasteiger partial charge in [-0.05, 0) is 19.3 Å². The normalized spacial score (nSPS) is 11.0. The van der Waals surface area contributed by atoms with Gasteiger partial charge in [0.05, 0.1) is 20.6 Å². The average molecular weight is 318 g/mol. The molecule has 0 aromatic carbocycles. The fourth-order valence-electron chi connectivity index (χ4n) is 2.15. The van der Waals surface area contributed by atoms with Crippen LogP contribution >= 0.6 is 0 Å². The number of hydroxylamine groups is 3. The molecule has 0 aliphatic carbocycles. The topological polar surface area (TPSA) is 60.4 Å². The van der Waals surface area contributed by atoms with Gasteiger partial charge in [-0.25, -0.2) is 0 Å². The summed E-state index contributed by atoms with van der Waals surface area (Å²) >= 11 is 0. The molecular formula is C18H39NO3. The van der Waals surface area contributed by atoms with E-state index >= 15 is 0 Å². The molecule has 0 heterocycles. The molecular weight excluding hydrogens is 278 g/mol. The number of carboxylic acid groups (broad SMARTS) is 1. The molecule has 0 saturated carbocycles. The molecule has 0 bridgehead atoms. The highest BCUT2D eigenvalue weighted by atomic mass is 16.5. The van der Waals surface area contributed by atoms with Crippen LogP contribution in [-0.4, -0.2) is 36.4 Å². The molecule has 4 heteroatoms. The molecule has 0 saturated heterocycles. The Kier molecular flexibility index (Phi) is 18.0. The minimum absolute atomic E-state index is 0.131. The number of carbonyl (C=O) groups is 1. The number of unbranched alkanes of at least 4 members (excludes halogenated alkanes) is 9. The van der Waals surface area contributed by atoms with Crippen molar-refractivity contribution < 1.29 is 14.5 Å². The maximum absolute atomic E-state index is 11.1. The quantitative estimate of drug-likeness (QED) is 0.283. The first-order valence-corrected chi connectivity index (χ1v) is 9.09. The first-order valence-electron chi connectivity index (χ1n) is 9.09. The molecule has 0 rings (SSSR count). The summed E-state index contributed by atoms with van der Waals surface area (Å²) in [6.45, 7) is 5.14. The van der Waals surface area contributed by atoms with E-state index in [2.05, 4.69) is 13.8 Å². The van der Waals surface area contributed by atoms with Gasteiger partial charge in [-0.15, -0.1) is 0 Å². The molecule has 22 heavy (non-hydrogen) atoms. The van der Waals surface area contributed by atoms with Crippen molar-refractivity contribution in [2.24, 2.45) is 0 Å². The molecule has 134 valence electrons. The van der Waals surface area contributed by atoms with Gasteiger partial charge in [0.25, 0.3) is 0 Å². The second-order valence-electron chi connectivity index (χ2n) is 6.62. The van der Waals surface area contributed by atoms with Crippen LogP contribution in [0.2, 0.25) is 0 Å². The highest BCUT2D eigenvalue weighted by molar-refractivity contribution is 5.66. The van der Waals surface area contributed by atoms with Crippen molar-refractivity contribution in [3.05, 3.63) is 5.21 Å². The van der Waals surface area contributed by atoms with E-state index in [9.17, 15) is 10.0 Å². The standard InChI is InChI=1S/C10H23NO.C8H16O2/c1-4-5-6-7-8-9-10-11(2,3)12;1-2-3-4-5-6-7-8(9)10/h4-10H2,1-3H3;2-7H2,1H3,(H,9,10). The zero-order valence-corrected chi connectivity index (χ0v) is 15.4. The summed E-state index contributed by atoms with van der Waals surface area (Å²) < 4.78 is -0.131. The first-order chi connectivity index (χ1) is 10.3. The van der Waals surface area contributed by atoms with Crippen molar-refractivity contribution in [1.29, 1.82) is 0 Å². The van der Waals surface area contributed by atoms with Crippen molar-refractivity contribution in [3.8, 4) is 0 Å². The van der Waals surface area contributed by atoms with Crippen molar-refractivity contribution in [3.63, 3.8) is 0 Å². The number of carboxylic acids is 1. The van der Waals surface area contributed by atoms with Crippen LogP contribution in [-0.2, 0) is 4.79 Å². The van der Waals surface area contributed by atoms with Crippen LogP contribution in [0.5, 0.6) is 0 Å². The van der Waals surface area contributed by atoms with E-state index in [-0.39, 0.29) is 4.65 Å². The van der Waals surface area contributed by atoms with Crippen molar-refractivity contribution >= 4 is 5.97 Å². The Bertz CT molecular complexity index is 237. The van der Waals surface area contributed by atoms with E-state index in [0.717, 1.165) is 25.8 Å². The lowest BCUT2D eigenvalue weighted by molar-refractivity contribution is -0.840. The highest BCUT2D eigenvalue weighted by Crippen LogP contribution is 2.07. The van der Waals surface area contributed by atoms with Crippen molar-refractivity contribution in [2.75, 3.05) is 20.6 Å². The second kappa shape index (κ2) is 16.8. The molecule has 0 spiro atoms. The molecule has 0 amide bonds. The van der Waals surface area contributed by atoms with Crippen LogP contribution in [0.25, 0.3) is 0 Å². The summed E-state index contributed by atoms with van der Waals surface area (Å²) in [6.07, 6.45) is 13.5. The molecule has 0 fully saturated rings. The smallest absolute Gasteiger partial charge is 0.303 e. The second-order valence-corrected chi connectivity index (χ2v) is 6.62. The average Bonchev–Trinajstić information content (AvgIpc) is 2.42. The summed E-state index contributed by atoms with van der Waals surface area (Å²) in [5.74, 6) is -0.670. The maximum atomic E-state index is 11.1. The van der Waals surface area contributed by atoms with Gasteiger partial charge >= 0.3 is 5.97 Å². The first kappa shape index (κ1) is 23.7. The lowest BCUT2D eigenvalue weighted by Crippen LogP contribution is -2.32. The van der Waals surface area contributed by atoms with Gasteiger partial charge in [-0.3, -0.25) is 4.79 Å². The number of hydrogen-bond donors (Lipinski definition) is 1. The summed E-state index contributed by atoms with van der Waals surface area (Å²) in [4.78, 5) is 10.0. The number of aliphatic carboxylic acids is 1. The van der Waals surface area contributed by atoms with E-state index < -0.39 is 5.97 Å². The van der Waals surface area contributed by atoms with Gasteiger partial charge in [0.1, 0.15) is 0 Å². The number of nitrogens with zero attached hydrogens (tertiary/aromatic N) is 1. The Morgan fingerprint density at radius 3 is 1.64 bits per heavy atom. The molecule has 0 unspecified atom stereocenters. The zero-order chi connectivity index (χ0) is 17.3. The third-order valence-corrected chi connectivity index (χ3v) is 3.54. The van der Waals surface area contributed by atoms with Crippen molar-refractivity contribution in [1.82, 2.24) is 0 Å². The van der Waals surface area contributed by atoms with Gasteiger partial charge in [0.2, 0.25) is 0 Å². The van der Waals surface area contributed by atoms with E-state index in [1.807, 2.05) is 0 Å². The minimum atomic E-state index is -0.670. The van der Waals surface area contributed by atoms with Gasteiger partial charge in [0, 0.05) is 6.42 Å². The van der Waals surface area contributed by atoms with E-state index in [1.165, 1.54) is 51.4 Å². The molecule has 0 aromatic rings. The Balaban J connectivity index is 0. The SMILES string of the molecule is CCCCCCCC(=O)O.CCCCCCCC[N+](C)(C)[O-]. The number of quaternary nitrogens is 1. The van der Waals surface area contributed by atoms with E-state index in [4.69, 9.17) is 5.11 Å². The van der Waals surface area contributed by atoms with Crippen LogP contribution in [0.1, 0.15) is 90.9 Å². The summed E-state index contributed by atoms with van der Waals surface area (Å²) in [5.41, 5.74) is 0. The highest BCUT2D eigenvalue weighted by Gasteiger charge is 2.00. The molecule has 0 radical (unpaired) electrons.